The molecule has 1 aliphatic carbocycles. The number of hydrogen-bond donors (Lipinski definition) is 2. The fourth-order valence-corrected chi connectivity index (χ4v) is 5.74. The van der Waals surface area contributed by atoms with Crippen molar-refractivity contribution in [2.24, 2.45) is 5.41 Å². The Morgan fingerprint density at radius 3 is 2.55 bits per heavy atom. The number of rotatable bonds is 7. The highest BCUT2D eigenvalue weighted by atomic mass is 32.2. The van der Waals surface area contributed by atoms with Gasteiger partial charge in [0.2, 0.25) is 5.91 Å². The summed E-state index contributed by atoms with van der Waals surface area (Å²) in [7, 11) is 0. The van der Waals surface area contributed by atoms with Gasteiger partial charge in [-0.2, -0.15) is 0 Å². The van der Waals surface area contributed by atoms with Crippen molar-refractivity contribution in [3.63, 3.8) is 0 Å². The van der Waals surface area contributed by atoms with E-state index in [0.29, 0.717) is 6.61 Å². The molecule has 0 radical (unpaired) electrons. The highest BCUT2D eigenvalue weighted by Gasteiger charge is 2.56. The number of nitrogens with zero attached hydrogens (tertiary/aromatic N) is 1. The zero-order valence-electron chi connectivity index (χ0n) is 18.3. The van der Waals surface area contributed by atoms with Gasteiger partial charge in [0, 0.05) is 28.2 Å². The Bertz CT molecular complexity index is 881. The lowest BCUT2D eigenvalue weighted by molar-refractivity contribution is -0.210. The van der Waals surface area contributed by atoms with Gasteiger partial charge in [-0.25, -0.2) is 0 Å². The molecule has 31 heavy (non-hydrogen) atoms. The van der Waals surface area contributed by atoms with Crippen LogP contribution in [-0.2, 0) is 9.53 Å². The maximum Gasteiger partial charge on any atom is 0.241 e. The van der Waals surface area contributed by atoms with Crippen LogP contribution in [0.5, 0.6) is 0 Å². The molecule has 2 aromatic rings. The summed E-state index contributed by atoms with van der Waals surface area (Å²) in [6, 6.07) is 17.9. The van der Waals surface area contributed by atoms with Gasteiger partial charge < -0.3 is 15.2 Å². The molecule has 1 saturated carbocycles. The number of nitrogens with one attached hydrogen (secondary N) is 1. The minimum absolute atomic E-state index is 0.00702. The van der Waals surface area contributed by atoms with Gasteiger partial charge in [0.05, 0.1) is 23.9 Å². The lowest BCUT2D eigenvalue weighted by Crippen LogP contribution is -2.63. The monoisotopic (exact) mass is 440 g/mol. The minimum Gasteiger partial charge on any atom is -0.392 e. The van der Waals surface area contributed by atoms with E-state index in [9.17, 15) is 9.90 Å². The number of anilines is 1. The number of ether oxygens (including phenoxy) is 1. The first kappa shape index (κ1) is 22.3. The first-order valence-corrected chi connectivity index (χ1v) is 12.0. The van der Waals surface area contributed by atoms with Crippen LogP contribution in [0, 0.1) is 5.41 Å². The first-order valence-electron chi connectivity index (χ1n) is 11.2. The first-order chi connectivity index (χ1) is 15.0. The van der Waals surface area contributed by atoms with Gasteiger partial charge in [0.15, 0.2) is 0 Å². The second kappa shape index (κ2) is 9.74. The van der Waals surface area contributed by atoms with E-state index < -0.39 is 0 Å². The molecule has 1 heterocycles. The number of aliphatic hydroxyl groups is 1. The van der Waals surface area contributed by atoms with Crippen molar-refractivity contribution in [2.45, 2.75) is 61.2 Å². The van der Waals surface area contributed by atoms with E-state index in [1.54, 1.807) is 11.8 Å². The fraction of sp³-hybridized carbons (Fsp3) is 0.480. The molecule has 6 heteroatoms. The quantitative estimate of drug-likeness (QED) is 0.668. The molecular formula is C25H32N2O3S. The van der Waals surface area contributed by atoms with Crippen LogP contribution in [0.3, 0.4) is 0 Å². The van der Waals surface area contributed by atoms with Gasteiger partial charge in [0.1, 0.15) is 0 Å². The van der Waals surface area contributed by atoms with Crippen LogP contribution in [0.15, 0.2) is 64.4 Å². The average Bonchev–Trinajstić information content (AvgIpc) is 2.80. The lowest BCUT2D eigenvalue weighted by atomic mass is 9.58. The number of piperidine rings is 1. The van der Waals surface area contributed by atoms with Gasteiger partial charge >= 0.3 is 0 Å². The molecule has 2 N–H and O–H groups in total. The molecular weight excluding hydrogens is 408 g/mol. The third kappa shape index (κ3) is 4.67. The van der Waals surface area contributed by atoms with Gasteiger partial charge in [-0.3, -0.25) is 9.69 Å². The molecule has 1 aliphatic heterocycles. The summed E-state index contributed by atoms with van der Waals surface area (Å²) in [4.78, 5) is 17.5. The number of likely N-dealkylation sites (tertiary alicyclic amines) is 1. The summed E-state index contributed by atoms with van der Waals surface area (Å²) in [5, 5.41) is 13.6. The summed E-state index contributed by atoms with van der Waals surface area (Å²) >= 11 is 1.65. The van der Waals surface area contributed by atoms with Crippen LogP contribution in [0.25, 0.3) is 0 Å². The molecule has 0 unspecified atom stereocenters. The fourth-order valence-electron chi connectivity index (χ4n) is 4.82. The Hall–Kier alpha value is -1.86. The molecule has 0 bridgehead atoms. The van der Waals surface area contributed by atoms with Crippen LogP contribution in [-0.4, -0.2) is 53.9 Å². The van der Waals surface area contributed by atoms with E-state index in [1.807, 2.05) is 56.3 Å². The number of benzene rings is 2. The molecule has 3 atom stereocenters. The summed E-state index contributed by atoms with van der Waals surface area (Å²) in [6.07, 6.45) is 2.35. The van der Waals surface area contributed by atoms with Crippen LogP contribution < -0.4 is 5.32 Å². The van der Waals surface area contributed by atoms with Crippen LogP contribution >= 0.6 is 11.8 Å². The van der Waals surface area contributed by atoms with Crippen molar-refractivity contribution in [2.75, 3.05) is 25.0 Å². The Kier molecular flexibility index (Phi) is 7.02. The second-order valence-corrected chi connectivity index (χ2v) is 9.66. The number of aliphatic hydroxyl groups excluding tert-OH is 1. The Morgan fingerprint density at radius 2 is 1.87 bits per heavy atom. The van der Waals surface area contributed by atoms with Crippen molar-refractivity contribution in [1.29, 1.82) is 0 Å². The molecule has 1 amide bonds. The summed E-state index contributed by atoms with van der Waals surface area (Å²) in [5.74, 6) is 0.00702. The highest BCUT2D eigenvalue weighted by molar-refractivity contribution is 7.99. The molecule has 0 aromatic heterocycles. The number of amides is 1. The molecule has 2 aromatic carbocycles. The van der Waals surface area contributed by atoms with Crippen LogP contribution in [0.2, 0.25) is 0 Å². The normalized spacial score (nSPS) is 23.8. The maximum atomic E-state index is 13.1. The molecule has 166 valence electrons. The van der Waals surface area contributed by atoms with E-state index >= 15 is 0 Å². The van der Waals surface area contributed by atoms with Crippen molar-refractivity contribution < 1.29 is 14.6 Å². The average molecular weight is 441 g/mol. The Labute approximate surface area is 189 Å². The molecule has 2 fully saturated rings. The van der Waals surface area contributed by atoms with E-state index in [2.05, 4.69) is 22.3 Å². The lowest BCUT2D eigenvalue weighted by Gasteiger charge is -2.57. The van der Waals surface area contributed by atoms with E-state index in [1.165, 1.54) is 0 Å². The van der Waals surface area contributed by atoms with Crippen molar-refractivity contribution in [3.8, 4) is 0 Å². The Balaban J connectivity index is 1.37. The SMILES string of the molecule is CCO[C@@H]1C[C@@H](O)C12CCN([C@H](C)C(=O)Nc1ccccc1Sc1ccccc1)CC2. The number of hydrogen-bond acceptors (Lipinski definition) is 5. The minimum atomic E-state index is -0.280. The van der Waals surface area contributed by atoms with E-state index in [4.69, 9.17) is 4.74 Å². The van der Waals surface area contributed by atoms with E-state index in [-0.39, 0.29) is 29.6 Å². The zero-order valence-corrected chi connectivity index (χ0v) is 19.1. The highest BCUT2D eigenvalue weighted by Crippen LogP contribution is 2.51. The van der Waals surface area contributed by atoms with Gasteiger partial charge in [-0.15, -0.1) is 0 Å². The third-order valence-corrected chi connectivity index (χ3v) is 7.97. The van der Waals surface area contributed by atoms with Crippen LogP contribution in [0.1, 0.15) is 33.1 Å². The predicted octanol–water partition coefficient (Wildman–Crippen LogP) is 4.42. The summed E-state index contributed by atoms with van der Waals surface area (Å²) < 4.78 is 5.87. The predicted molar refractivity (Wildman–Crippen MR) is 124 cm³/mol. The Morgan fingerprint density at radius 1 is 1.19 bits per heavy atom. The molecule has 5 nitrogen and oxygen atoms in total. The molecule has 4 rings (SSSR count). The molecule has 1 saturated heterocycles. The number of para-hydroxylation sites is 1. The third-order valence-electron chi connectivity index (χ3n) is 6.88. The zero-order chi connectivity index (χ0) is 21.8. The largest absolute Gasteiger partial charge is 0.392 e. The van der Waals surface area contributed by atoms with Crippen LogP contribution in [0.4, 0.5) is 5.69 Å². The van der Waals surface area contributed by atoms with Gasteiger partial charge in [-0.05, 0) is 64.0 Å². The smallest absolute Gasteiger partial charge is 0.241 e. The summed E-state index contributed by atoms with van der Waals surface area (Å²) in [6.45, 7) is 6.26. The number of carbonyl (C=O) groups is 1. The standard InChI is InChI=1S/C25H32N2O3S/c1-3-30-23-17-22(28)25(23)13-15-27(16-14-25)18(2)24(29)26-20-11-7-8-12-21(20)31-19-9-5-4-6-10-19/h4-12,18,22-23,28H,3,13-17H2,1-2H3,(H,26,29)/t18-,22-,23-/m1/s1. The maximum absolute atomic E-state index is 13.1. The topological polar surface area (TPSA) is 61.8 Å². The number of carbonyl (C=O) groups excluding carboxylic acids is 1. The van der Waals surface area contributed by atoms with E-state index in [0.717, 1.165) is 47.8 Å². The summed E-state index contributed by atoms with van der Waals surface area (Å²) in [5.41, 5.74) is 0.717. The van der Waals surface area contributed by atoms with Gasteiger partial charge in [-0.1, -0.05) is 42.1 Å². The second-order valence-electron chi connectivity index (χ2n) is 8.54. The van der Waals surface area contributed by atoms with Crippen molar-refractivity contribution in [3.05, 3.63) is 54.6 Å². The van der Waals surface area contributed by atoms with Crippen molar-refractivity contribution in [1.82, 2.24) is 4.90 Å². The van der Waals surface area contributed by atoms with Gasteiger partial charge in [0.25, 0.3) is 0 Å². The molecule has 1 spiro atoms. The molecule has 2 aliphatic rings. The van der Waals surface area contributed by atoms with Crippen molar-refractivity contribution >= 4 is 23.4 Å².